The van der Waals surface area contributed by atoms with Gasteiger partial charge in [0.15, 0.2) is 9.84 Å². The van der Waals surface area contributed by atoms with Gasteiger partial charge in [-0.3, -0.25) is 4.79 Å². The highest BCUT2D eigenvalue weighted by Gasteiger charge is 2.48. The Balaban J connectivity index is 3.09. The highest BCUT2D eigenvalue weighted by Crippen LogP contribution is 2.25. The van der Waals surface area contributed by atoms with Gasteiger partial charge in [-0.25, -0.2) is 8.42 Å². The Bertz CT molecular complexity index is 319. The molecule has 13 heavy (non-hydrogen) atoms. The molecule has 1 fully saturated rings. The minimum atomic E-state index is -3.30. The van der Waals surface area contributed by atoms with Gasteiger partial charge in [0.1, 0.15) is 6.04 Å². The highest BCUT2D eigenvalue weighted by molar-refractivity contribution is 7.92. The molecule has 6 heteroatoms. The summed E-state index contributed by atoms with van der Waals surface area (Å²) >= 11 is 0. The van der Waals surface area contributed by atoms with Crippen LogP contribution in [0.1, 0.15) is 13.8 Å². The van der Waals surface area contributed by atoms with Crippen LogP contribution < -0.4 is 5.32 Å². The molecule has 5 nitrogen and oxygen atoms in total. The summed E-state index contributed by atoms with van der Waals surface area (Å²) in [6, 6.07) is -1.01. The summed E-state index contributed by atoms with van der Waals surface area (Å²) in [5, 5.41) is 11.5. The third-order valence-electron chi connectivity index (χ3n) is 2.46. The van der Waals surface area contributed by atoms with Crippen molar-refractivity contribution in [2.45, 2.75) is 24.6 Å². The number of carboxylic acid groups (broad SMARTS) is 1. The lowest BCUT2D eigenvalue weighted by atomic mass is 10.0. The molecule has 0 aromatic heterocycles. The van der Waals surface area contributed by atoms with Crippen LogP contribution in [0, 0.1) is 0 Å². The van der Waals surface area contributed by atoms with Crippen molar-refractivity contribution in [2.24, 2.45) is 0 Å². The zero-order chi connectivity index (χ0) is 10.3. The van der Waals surface area contributed by atoms with E-state index in [-0.39, 0.29) is 12.3 Å². The average Bonchev–Trinajstić information content (AvgIpc) is 1.94. The van der Waals surface area contributed by atoms with Gasteiger partial charge in [-0.1, -0.05) is 0 Å². The van der Waals surface area contributed by atoms with Crippen LogP contribution >= 0.6 is 0 Å². The molecule has 1 rings (SSSR count). The summed E-state index contributed by atoms with van der Waals surface area (Å²) in [5.41, 5.74) is 0. The number of sulfone groups is 1. The Hall–Kier alpha value is -0.620. The van der Waals surface area contributed by atoms with Crippen LogP contribution in [0.2, 0.25) is 0 Å². The van der Waals surface area contributed by atoms with E-state index in [4.69, 9.17) is 5.11 Å². The molecule has 0 aromatic rings. The highest BCUT2D eigenvalue weighted by atomic mass is 32.2. The lowest BCUT2D eigenvalue weighted by molar-refractivity contribution is -0.140. The lowest BCUT2D eigenvalue weighted by Gasteiger charge is -2.35. The maximum absolute atomic E-state index is 11.5. The van der Waals surface area contributed by atoms with Crippen LogP contribution in [0.5, 0.6) is 0 Å². The van der Waals surface area contributed by atoms with E-state index in [9.17, 15) is 13.2 Å². The fraction of sp³-hybridized carbons (Fsp3) is 0.857. The molecule has 1 saturated heterocycles. The summed E-state index contributed by atoms with van der Waals surface area (Å²) in [6.07, 6.45) is 0. The Morgan fingerprint density at radius 2 is 2.08 bits per heavy atom. The molecular formula is C7H13NO4S. The number of carbonyl (C=O) groups is 1. The molecule has 0 radical (unpaired) electrons. The first kappa shape index (κ1) is 10.5. The van der Waals surface area contributed by atoms with E-state index in [1.807, 2.05) is 0 Å². The number of hydrogen-bond donors (Lipinski definition) is 2. The largest absolute Gasteiger partial charge is 0.480 e. The van der Waals surface area contributed by atoms with Gasteiger partial charge in [0.25, 0.3) is 0 Å². The van der Waals surface area contributed by atoms with Crippen molar-refractivity contribution < 1.29 is 18.3 Å². The van der Waals surface area contributed by atoms with E-state index in [0.717, 1.165) is 0 Å². The van der Waals surface area contributed by atoms with Crippen LogP contribution in [-0.4, -0.2) is 42.6 Å². The van der Waals surface area contributed by atoms with Gasteiger partial charge < -0.3 is 10.4 Å². The topological polar surface area (TPSA) is 83.5 Å². The smallest absolute Gasteiger partial charge is 0.322 e. The van der Waals surface area contributed by atoms with Crippen molar-refractivity contribution in [3.63, 3.8) is 0 Å². The molecule has 2 N–H and O–H groups in total. The van der Waals surface area contributed by atoms with Crippen molar-refractivity contribution in [2.75, 3.05) is 12.3 Å². The van der Waals surface area contributed by atoms with E-state index < -0.39 is 26.6 Å². The maximum Gasteiger partial charge on any atom is 0.322 e. The van der Waals surface area contributed by atoms with Gasteiger partial charge in [-0.15, -0.1) is 0 Å². The van der Waals surface area contributed by atoms with Gasteiger partial charge in [-0.05, 0) is 13.8 Å². The summed E-state index contributed by atoms with van der Waals surface area (Å²) in [4.78, 5) is 10.7. The van der Waals surface area contributed by atoms with Crippen molar-refractivity contribution in [3.8, 4) is 0 Å². The predicted octanol–water partition coefficient (Wildman–Crippen LogP) is -0.764. The first-order valence-electron chi connectivity index (χ1n) is 3.97. The van der Waals surface area contributed by atoms with Gasteiger partial charge >= 0.3 is 5.97 Å². The molecule has 0 spiro atoms. The minimum Gasteiger partial charge on any atom is -0.480 e. The standard InChI is InChI=1S/C7H13NO4S/c1-7(2)5(6(9)10)8-3-4-13(7,11)12/h5,8H,3-4H2,1-2H3,(H,9,10). The molecule has 0 amide bonds. The first-order chi connectivity index (χ1) is 5.79. The van der Waals surface area contributed by atoms with Gasteiger partial charge in [0.05, 0.1) is 10.5 Å². The Labute approximate surface area is 77.1 Å². The Morgan fingerprint density at radius 1 is 1.54 bits per heavy atom. The zero-order valence-electron chi connectivity index (χ0n) is 7.57. The van der Waals surface area contributed by atoms with Crippen molar-refractivity contribution in [3.05, 3.63) is 0 Å². The summed E-state index contributed by atoms with van der Waals surface area (Å²) in [5.74, 6) is -1.11. The number of aliphatic carboxylic acids is 1. The molecule has 76 valence electrons. The third-order valence-corrected chi connectivity index (χ3v) is 5.04. The van der Waals surface area contributed by atoms with Crippen LogP contribution in [0.3, 0.4) is 0 Å². The maximum atomic E-state index is 11.5. The fourth-order valence-corrected chi connectivity index (χ4v) is 2.87. The molecule has 0 saturated carbocycles. The fourth-order valence-electron chi connectivity index (χ4n) is 1.41. The lowest BCUT2D eigenvalue weighted by Crippen LogP contribution is -2.61. The minimum absolute atomic E-state index is 0.00375. The molecule has 0 aromatic carbocycles. The molecule has 1 atom stereocenters. The molecule has 1 aliphatic rings. The summed E-state index contributed by atoms with van der Waals surface area (Å²) in [7, 11) is -3.30. The average molecular weight is 207 g/mol. The molecule has 1 heterocycles. The molecule has 1 aliphatic heterocycles. The molecule has 0 bridgehead atoms. The van der Waals surface area contributed by atoms with E-state index in [2.05, 4.69) is 5.32 Å². The molecule has 1 unspecified atom stereocenters. The Kier molecular flexibility index (Phi) is 2.38. The van der Waals surface area contributed by atoms with Crippen molar-refractivity contribution >= 4 is 15.8 Å². The quantitative estimate of drug-likeness (QED) is 0.590. The second-order valence-corrected chi connectivity index (χ2v) is 6.34. The number of rotatable bonds is 1. The van der Waals surface area contributed by atoms with Crippen LogP contribution in [0.15, 0.2) is 0 Å². The van der Waals surface area contributed by atoms with Crippen LogP contribution in [0.4, 0.5) is 0 Å². The van der Waals surface area contributed by atoms with Gasteiger partial charge in [0.2, 0.25) is 0 Å². The monoisotopic (exact) mass is 207 g/mol. The third kappa shape index (κ3) is 1.55. The van der Waals surface area contributed by atoms with Gasteiger partial charge in [0, 0.05) is 6.54 Å². The van der Waals surface area contributed by atoms with E-state index >= 15 is 0 Å². The van der Waals surface area contributed by atoms with Gasteiger partial charge in [-0.2, -0.15) is 0 Å². The van der Waals surface area contributed by atoms with Crippen molar-refractivity contribution in [1.29, 1.82) is 0 Å². The summed E-state index contributed by atoms with van der Waals surface area (Å²) < 4.78 is 21.8. The van der Waals surface area contributed by atoms with E-state index in [1.165, 1.54) is 13.8 Å². The normalized spacial score (nSPS) is 31.1. The number of nitrogens with one attached hydrogen (secondary N) is 1. The SMILES string of the molecule is CC1(C)C(C(=O)O)NCCS1(=O)=O. The molecule has 0 aliphatic carbocycles. The first-order valence-corrected chi connectivity index (χ1v) is 5.63. The van der Waals surface area contributed by atoms with Crippen LogP contribution in [0.25, 0.3) is 0 Å². The van der Waals surface area contributed by atoms with Crippen molar-refractivity contribution in [1.82, 2.24) is 5.32 Å². The Morgan fingerprint density at radius 3 is 2.46 bits per heavy atom. The van der Waals surface area contributed by atoms with E-state index in [1.54, 1.807) is 0 Å². The van der Waals surface area contributed by atoms with Crippen LogP contribution in [-0.2, 0) is 14.6 Å². The van der Waals surface area contributed by atoms with E-state index in [0.29, 0.717) is 0 Å². The number of hydrogen-bond acceptors (Lipinski definition) is 4. The number of carboxylic acids is 1. The second-order valence-electron chi connectivity index (χ2n) is 3.65. The summed E-state index contributed by atoms with van der Waals surface area (Å²) in [6.45, 7) is 3.09. The second kappa shape index (κ2) is 2.95. The predicted molar refractivity (Wildman–Crippen MR) is 47.3 cm³/mol. The zero-order valence-corrected chi connectivity index (χ0v) is 8.39. The molecular weight excluding hydrogens is 194 g/mol.